The van der Waals surface area contributed by atoms with Crippen LogP contribution in [0.25, 0.3) is 11.4 Å². The summed E-state index contributed by atoms with van der Waals surface area (Å²) in [4.78, 5) is 12.0. The number of tetrazole rings is 1. The minimum Gasteiger partial charge on any atom is -0.376 e. The Bertz CT molecular complexity index is 913. The van der Waals surface area contributed by atoms with Gasteiger partial charge < -0.3 is 10.6 Å². The van der Waals surface area contributed by atoms with Gasteiger partial charge in [0.1, 0.15) is 5.82 Å². The first-order valence-corrected chi connectivity index (χ1v) is 7.72. The highest BCUT2D eigenvalue weighted by molar-refractivity contribution is 6.33. The third-order valence-corrected chi connectivity index (χ3v) is 3.71. The standard InChI is InChI=1S/C16H14ClFN6O/c1-24-16(21-22-23-24)10-3-2-4-12(7-10)19-9-15(25)20-14-6-5-11(18)8-13(14)17/h2-8,19H,9H2,1H3,(H,20,25). The highest BCUT2D eigenvalue weighted by atomic mass is 35.5. The fourth-order valence-corrected chi connectivity index (χ4v) is 2.42. The first-order valence-electron chi connectivity index (χ1n) is 7.34. The lowest BCUT2D eigenvalue weighted by atomic mass is 10.2. The molecule has 0 saturated heterocycles. The number of nitrogens with one attached hydrogen (secondary N) is 2. The summed E-state index contributed by atoms with van der Waals surface area (Å²) < 4.78 is 14.6. The summed E-state index contributed by atoms with van der Waals surface area (Å²) in [5, 5.41) is 17.1. The molecule has 0 atom stereocenters. The quantitative estimate of drug-likeness (QED) is 0.730. The van der Waals surface area contributed by atoms with Crippen LogP contribution in [0.1, 0.15) is 0 Å². The van der Waals surface area contributed by atoms with Crippen LogP contribution in [0, 0.1) is 5.82 Å². The maximum Gasteiger partial charge on any atom is 0.243 e. The highest BCUT2D eigenvalue weighted by Gasteiger charge is 2.09. The summed E-state index contributed by atoms with van der Waals surface area (Å²) in [5.74, 6) is -0.151. The van der Waals surface area contributed by atoms with Crippen molar-refractivity contribution in [1.82, 2.24) is 20.2 Å². The lowest BCUT2D eigenvalue weighted by Crippen LogP contribution is -2.21. The fraction of sp³-hybridized carbons (Fsp3) is 0.125. The summed E-state index contributed by atoms with van der Waals surface area (Å²) in [6.45, 7) is 0.0220. The molecule has 1 heterocycles. The monoisotopic (exact) mass is 360 g/mol. The van der Waals surface area contributed by atoms with Gasteiger partial charge in [-0.3, -0.25) is 4.79 Å². The van der Waals surface area contributed by atoms with Crippen LogP contribution < -0.4 is 10.6 Å². The number of aryl methyl sites for hydroxylation is 1. The van der Waals surface area contributed by atoms with Crippen LogP contribution in [-0.2, 0) is 11.8 Å². The van der Waals surface area contributed by atoms with E-state index < -0.39 is 5.82 Å². The minimum atomic E-state index is -0.462. The number of anilines is 2. The molecule has 7 nitrogen and oxygen atoms in total. The Kier molecular flexibility index (Phi) is 4.90. The van der Waals surface area contributed by atoms with Gasteiger partial charge in [-0.05, 0) is 40.8 Å². The van der Waals surface area contributed by atoms with Crippen LogP contribution in [0.5, 0.6) is 0 Å². The molecule has 128 valence electrons. The molecular formula is C16H14ClFN6O. The van der Waals surface area contributed by atoms with Crippen molar-refractivity contribution in [3.8, 4) is 11.4 Å². The molecule has 3 rings (SSSR count). The van der Waals surface area contributed by atoms with Crippen molar-refractivity contribution < 1.29 is 9.18 Å². The van der Waals surface area contributed by atoms with Crippen molar-refractivity contribution in [2.24, 2.45) is 7.05 Å². The van der Waals surface area contributed by atoms with Crippen LogP contribution in [0.15, 0.2) is 42.5 Å². The zero-order valence-electron chi connectivity index (χ0n) is 13.2. The average molecular weight is 361 g/mol. The van der Waals surface area contributed by atoms with Gasteiger partial charge in [-0.2, -0.15) is 0 Å². The van der Waals surface area contributed by atoms with Gasteiger partial charge in [0.2, 0.25) is 5.91 Å². The van der Waals surface area contributed by atoms with Crippen LogP contribution >= 0.6 is 11.6 Å². The molecule has 2 N–H and O–H groups in total. The molecule has 9 heteroatoms. The van der Waals surface area contributed by atoms with Gasteiger partial charge in [-0.25, -0.2) is 9.07 Å². The first-order chi connectivity index (χ1) is 12.0. The maximum absolute atomic E-state index is 13.0. The molecule has 2 aromatic carbocycles. The summed E-state index contributed by atoms with van der Waals surface area (Å²) >= 11 is 5.89. The van der Waals surface area contributed by atoms with Gasteiger partial charge in [-0.15, -0.1) is 5.10 Å². The molecule has 0 spiro atoms. The normalized spacial score (nSPS) is 10.5. The number of hydrogen-bond acceptors (Lipinski definition) is 5. The van der Waals surface area contributed by atoms with Gasteiger partial charge in [0.25, 0.3) is 0 Å². The van der Waals surface area contributed by atoms with Crippen molar-refractivity contribution in [3.63, 3.8) is 0 Å². The number of benzene rings is 2. The second-order valence-electron chi connectivity index (χ2n) is 5.23. The first kappa shape index (κ1) is 16.8. The molecule has 1 aromatic heterocycles. The number of rotatable bonds is 5. The predicted octanol–water partition coefficient (Wildman–Crippen LogP) is 2.72. The Morgan fingerprint density at radius 3 is 2.84 bits per heavy atom. The molecule has 0 fully saturated rings. The maximum atomic E-state index is 13.0. The summed E-state index contributed by atoms with van der Waals surface area (Å²) in [6.07, 6.45) is 0. The van der Waals surface area contributed by atoms with Crippen molar-refractivity contribution >= 4 is 28.9 Å². The van der Waals surface area contributed by atoms with Gasteiger partial charge in [-0.1, -0.05) is 23.7 Å². The van der Waals surface area contributed by atoms with E-state index in [2.05, 4.69) is 26.2 Å². The van der Waals surface area contributed by atoms with Crippen molar-refractivity contribution in [1.29, 1.82) is 0 Å². The molecule has 0 unspecified atom stereocenters. The topological polar surface area (TPSA) is 84.7 Å². The number of nitrogens with zero attached hydrogens (tertiary/aromatic N) is 4. The Morgan fingerprint density at radius 1 is 1.28 bits per heavy atom. The van der Waals surface area contributed by atoms with Gasteiger partial charge >= 0.3 is 0 Å². The third-order valence-electron chi connectivity index (χ3n) is 3.40. The molecule has 3 aromatic rings. The van der Waals surface area contributed by atoms with E-state index in [4.69, 9.17) is 11.6 Å². The van der Waals surface area contributed by atoms with Crippen LogP contribution in [0.2, 0.25) is 5.02 Å². The Balaban J connectivity index is 1.63. The largest absolute Gasteiger partial charge is 0.376 e. The number of amides is 1. The van der Waals surface area contributed by atoms with E-state index in [1.807, 2.05) is 24.3 Å². The van der Waals surface area contributed by atoms with E-state index in [1.165, 1.54) is 12.1 Å². The molecule has 0 radical (unpaired) electrons. The zero-order chi connectivity index (χ0) is 17.8. The highest BCUT2D eigenvalue weighted by Crippen LogP contribution is 2.22. The van der Waals surface area contributed by atoms with Crippen LogP contribution in [0.4, 0.5) is 15.8 Å². The number of carbonyl (C=O) groups excluding carboxylic acids is 1. The van der Waals surface area contributed by atoms with Crippen molar-refractivity contribution in [2.45, 2.75) is 0 Å². The second-order valence-corrected chi connectivity index (χ2v) is 5.64. The van der Waals surface area contributed by atoms with E-state index in [9.17, 15) is 9.18 Å². The molecular weight excluding hydrogens is 347 g/mol. The van der Waals surface area contributed by atoms with Crippen molar-refractivity contribution in [2.75, 3.05) is 17.2 Å². The minimum absolute atomic E-state index is 0.0220. The van der Waals surface area contributed by atoms with E-state index in [0.29, 0.717) is 11.5 Å². The molecule has 0 aliphatic heterocycles. The number of hydrogen-bond donors (Lipinski definition) is 2. The van der Waals surface area contributed by atoms with E-state index in [0.717, 1.165) is 17.3 Å². The van der Waals surface area contributed by atoms with E-state index >= 15 is 0 Å². The number of carbonyl (C=O) groups is 1. The molecule has 1 amide bonds. The Hall–Kier alpha value is -3.00. The number of aromatic nitrogens is 4. The molecule has 0 aliphatic rings. The predicted molar refractivity (Wildman–Crippen MR) is 92.8 cm³/mol. The third kappa shape index (κ3) is 4.10. The van der Waals surface area contributed by atoms with Crippen LogP contribution in [0.3, 0.4) is 0 Å². The van der Waals surface area contributed by atoms with E-state index in [1.54, 1.807) is 11.7 Å². The molecule has 0 bridgehead atoms. The SMILES string of the molecule is Cn1nnnc1-c1cccc(NCC(=O)Nc2ccc(F)cc2Cl)c1. The van der Waals surface area contributed by atoms with Gasteiger partial charge in [0.05, 0.1) is 17.3 Å². The van der Waals surface area contributed by atoms with Gasteiger partial charge in [0.15, 0.2) is 5.82 Å². The number of halogens is 2. The Labute approximate surface area is 147 Å². The Morgan fingerprint density at radius 2 is 2.12 bits per heavy atom. The lowest BCUT2D eigenvalue weighted by molar-refractivity contribution is -0.114. The summed E-state index contributed by atoms with van der Waals surface area (Å²) in [5.41, 5.74) is 1.91. The van der Waals surface area contributed by atoms with Gasteiger partial charge in [0, 0.05) is 18.3 Å². The van der Waals surface area contributed by atoms with Crippen LogP contribution in [-0.4, -0.2) is 32.7 Å². The summed E-state index contributed by atoms with van der Waals surface area (Å²) in [7, 11) is 1.75. The molecule has 25 heavy (non-hydrogen) atoms. The van der Waals surface area contributed by atoms with E-state index in [-0.39, 0.29) is 17.5 Å². The van der Waals surface area contributed by atoms with Crippen molar-refractivity contribution in [3.05, 3.63) is 53.3 Å². The molecule has 0 saturated carbocycles. The molecule has 0 aliphatic carbocycles. The fourth-order valence-electron chi connectivity index (χ4n) is 2.21. The second kappa shape index (κ2) is 7.27. The average Bonchev–Trinajstić information content (AvgIpc) is 3.02. The zero-order valence-corrected chi connectivity index (χ0v) is 14.0. The lowest BCUT2D eigenvalue weighted by Gasteiger charge is -2.10. The summed E-state index contributed by atoms with van der Waals surface area (Å²) in [6, 6.07) is 11.2. The smallest absolute Gasteiger partial charge is 0.243 e.